The molecule has 0 aliphatic carbocycles. The topological polar surface area (TPSA) is 25.8 Å². The van der Waals surface area contributed by atoms with E-state index in [2.05, 4.69) is 52.5 Å². The molecular formula is C9H9IN2S. The first-order chi connectivity index (χ1) is 6.16. The summed E-state index contributed by atoms with van der Waals surface area (Å²) in [5, 5.41) is 0. The van der Waals surface area contributed by atoms with Gasteiger partial charge in [-0.1, -0.05) is 13.8 Å². The van der Waals surface area contributed by atoms with E-state index in [4.69, 9.17) is 0 Å². The summed E-state index contributed by atoms with van der Waals surface area (Å²) >= 11 is 4.05. The second-order valence-electron chi connectivity index (χ2n) is 3.18. The highest BCUT2D eigenvalue weighted by Crippen LogP contribution is 2.25. The molecule has 0 saturated carbocycles. The SMILES string of the molecule is CC(C)c1ncc2sc(I)cc2n1. The Bertz CT molecular complexity index is 436. The Morgan fingerprint density at radius 3 is 2.92 bits per heavy atom. The van der Waals surface area contributed by atoms with E-state index in [-0.39, 0.29) is 0 Å². The van der Waals surface area contributed by atoms with Crippen molar-refractivity contribution in [3.8, 4) is 0 Å². The van der Waals surface area contributed by atoms with Gasteiger partial charge in [-0.15, -0.1) is 11.3 Å². The van der Waals surface area contributed by atoms with Crippen molar-refractivity contribution >= 4 is 44.1 Å². The lowest BCUT2D eigenvalue weighted by atomic mass is 10.2. The number of thiophene rings is 1. The van der Waals surface area contributed by atoms with Crippen LogP contribution in [-0.4, -0.2) is 9.97 Å². The van der Waals surface area contributed by atoms with Gasteiger partial charge in [-0.05, 0) is 28.7 Å². The van der Waals surface area contributed by atoms with E-state index in [9.17, 15) is 0 Å². The molecule has 0 spiro atoms. The summed E-state index contributed by atoms with van der Waals surface area (Å²) in [5.41, 5.74) is 1.08. The van der Waals surface area contributed by atoms with Crippen LogP contribution in [0, 0.1) is 2.88 Å². The van der Waals surface area contributed by atoms with Crippen LogP contribution in [0.5, 0.6) is 0 Å². The summed E-state index contributed by atoms with van der Waals surface area (Å²) in [6.07, 6.45) is 1.92. The number of rotatable bonds is 1. The van der Waals surface area contributed by atoms with Crippen LogP contribution in [0.25, 0.3) is 10.2 Å². The standard InChI is InChI=1S/C9H9IN2S/c1-5(2)9-11-4-7-6(12-9)3-8(10)13-7/h3-5H,1-2H3. The van der Waals surface area contributed by atoms with Gasteiger partial charge in [0.1, 0.15) is 5.82 Å². The first-order valence-electron chi connectivity index (χ1n) is 4.09. The van der Waals surface area contributed by atoms with Gasteiger partial charge in [-0.25, -0.2) is 9.97 Å². The largest absolute Gasteiger partial charge is 0.240 e. The molecule has 0 atom stereocenters. The van der Waals surface area contributed by atoms with Gasteiger partial charge in [0.2, 0.25) is 0 Å². The highest BCUT2D eigenvalue weighted by Gasteiger charge is 2.05. The fraction of sp³-hybridized carbons (Fsp3) is 0.333. The second-order valence-corrected chi connectivity index (χ2v) is 6.16. The van der Waals surface area contributed by atoms with Crippen LogP contribution in [0.4, 0.5) is 0 Å². The fourth-order valence-corrected chi connectivity index (χ4v) is 2.80. The molecule has 2 aromatic rings. The van der Waals surface area contributed by atoms with E-state index in [0.717, 1.165) is 11.3 Å². The van der Waals surface area contributed by atoms with Gasteiger partial charge in [-0.3, -0.25) is 0 Å². The monoisotopic (exact) mass is 304 g/mol. The summed E-state index contributed by atoms with van der Waals surface area (Å²) in [7, 11) is 0. The highest BCUT2D eigenvalue weighted by molar-refractivity contribution is 14.1. The summed E-state index contributed by atoms with van der Waals surface area (Å²) in [4.78, 5) is 8.81. The zero-order valence-electron chi connectivity index (χ0n) is 7.41. The van der Waals surface area contributed by atoms with E-state index in [0.29, 0.717) is 5.92 Å². The lowest BCUT2D eigenvalue weighted by molar-refractivity contribution is 0.783. The Labute approximate surface area is 94.5 Å². The van der Waals surface area contributed by atoms with E-state index < -0.39 is 0 Å². The van der Waals surface area contributed by atoms with Gasteiger partial charge in [0, 0.05) is 12.1 Å². The molecule has 2 heterocycles. The highest BCUT2D eigenvalue weighted by atomic mass is 127. The molecule has 0 amide bonds. The van der Waals surface area contributed by atoms with Crippen molar-refractivity contribution in [2.24, 2.45) is 0 Å². The van der Waals surface area contributed by atoms with Crippen molar-refractivity contribution in [3.63, 3.8) is 0 Å². The number of nitrogens with zero attached hydrogens (tertiary/aromatic N) is 2. The van der Waals surface area contributed by atoms with Crippen LogP contribution in [0.1, 0.15) is 25.6 Å². The third kappa shape index (κ3) is 1.83. The molecule has 13 heavy (non-hydrogen) atoms. The van der Waals surface area contributed by atoms with Gasteiger partial charge in [0.25, 0.3) is 0 Å². The number of hydrogen-bond donors (Lipinski definition) is 0. The third-order valence-electron chi connectivity index (χ3n) is 1.78. The normalized spacial score (nSPS) is 11.4. The third-order valence-corrected chi connectivity index (χ3v) is 3.59. The van der Waals surface area contributed by atoms with Crippen LogP contribution in [0.15, 0.2) is 12.3 Å². The lowest BCUT2D eigenvalue weighted by Gasteiger charge is -2.01. The molecule has 2 rings (SSSR count). The Kier molecular flexibility index (Phi) is 2.51. The molecule has 0 saturated heterocycles. The molecule has 0 fully saturated rings. The first-order valence-corrected chi connectivity index (χ1v) is 5.98. The predicted octanol–water partition coefficient (Wildman–Crippen LogP) is 3.42. The van der Waals surface area contributed by atoms with Crippen molar-refractivity contribution in [3.05, 3.63) is 21.0 Å². The van der Waals surface area contributed by atoms with E-state index in [1.807, 2.05) is 6.20 Å². The average Bonchev–Trinajstić information content (AvgIpc) is 2.42. The maximum Gasteiger partial charge on any atom is 0.131 e. The van der Waals surface area contributed by atoms with Crippen molar-refractivity contribution < 1.29 is 0 Å². The summed E-state index contributed by atoms with van der Waals surface area (Å²) in [6.45, 7) is 4.22. The lowest BCUT2D eigenvalue weighted by Crippen LogP contribution is -1.95. The first kappa shape index (κ1) is 9.33. The minimum absolute atomic E-state index is 0.405. The second kappa shape index (κ2) is 3.49. The summed E-state index contributed by atoms with van der Waals surface area (Å²) in [5.74, 6) is 1.34. The van der Waals surface area contributed by atoms with Crippen LogP contribution in [0.3, 0.4) is 0 Å². The zero-order chi connectivity index (χ0) is 9.42. The minimum Gasteiger partial charge on any atom is -0.240 e. The smallest absolute Gasteiger partial charge is 0.131 e. The molecule has 68 valence electrons. The van der Waals surface area contributed by atoms with Gasteiger partial charge >= 0.3 is 0 Å². The van der Waals surface area contributed by atoms with Gasteiger partial charge in [-0.2, -0.15) is 0 Å². The predicted molar refractivity (Wildman–Crippen MR) is 64.2 cm³/mol. The Morgan fingerprint density at radius 1 is 1.46 bits per heavy atom. The zero-order valence-corrected chi connectivity index (χ0v) is 10.4. The van der Waals surface area contributed by atoms with Gasteiger partial charge in [0.15, 0.2) is 0 Å². The van der Waals surface area contributed by atoms with Crippen LogP contribution < -0.4 is 0 Å². The summed E-state index contributed by atoms with van der Waals surface area (Å²) < 4.78 is 2.44. The van der Waals surface area contributed by atoms with Crippen LogP contribution >= 0.6 is 33.9 Å². The van der Waals surface area contributed by atoms with Crippen LogP contribution in [0.2, 0.25) is 0 Å². The van der Waals surface area contributed by atoms with E-state index in [1.165, 1.54) is 7.58 Å². The molecule has 2 aromatic heterocycles. The average molecular weight is 304 g/mol. The molecule has 0 unspecified atom stereocenters. The maximum atomic E-state index is 4.49. The fourth-order valence-electron chi connectivity index (χ4n) is 1.10. The van der Waals surface area contributed by atoms with Crippen LogP contribution in [-0.2, 0) is 0 Å². The van der Waals surface area contributed by atoms with Crippen molar-refractivity contribution in [2.45, 2.75) is 19.8 Å². The van der Waals surface area contributed by atoms with E-state index in [1.54, 1.807) is 11.3 Å². The molecule has 0 N–H and O–H groups in total. The number of fused-ring (bicyclic) bond motifs is 1. The summed E-state index contributed by atoms with van der Waals surface area (Å²) in [6, 6.07) is 2.11. The quantitative estimate of drug-likeness (QED) is 0.755. The molecule has 0 aliphatic rings. The molecule has 4 heteroatoms. The molecule has 0 radical (unpaired) electrons. The maximum absolute atomic E-state index is 4.49. The molecule has 0 bridgehead atoms. The van der Waals surface area contributed by atoms with Gasteiger partial charge in [0.05, 0.1) is 13.1 Å². The van der Waals surface area contributed by atoms with E-state index >= 15 is 0 Å². The van der Waals surface area contributed by atoms with Gasteiger partial charge < -0.3 is 0 Å². The number of aromatic nitrogens is 2. The molecule has 2 nitrogen and oxygen atoms in total. The Hall–Kier alpha value is -0.230. The number of halogens is 1. The van der Waals surface area contributed by atoms with Crippen molar-refractivity contribution in [1.82, 2.24) is 9.97 Å². The number of hydrogen-bond acceptors (Lipinski definition) is 3. The molecular weight excluding hydrogens is 295 g/mol. The Morgan fingerprint density at radius 2 is 2.23 bits per heavy atom. The van der Waals surface area contributed by atoms with Crippen molar-refractivity contribution in [2.75, 3.05) is 0 Å². The molecule has 0 aliphatic heterocycles. The van der Waals surface area contributed by atoms with Crippen molar-refractivity contribution in [1.29, 1.82) is 0 Å². The minimum atomic E-state index is 0.405. The Balaban J connectivity index is 2.61. The molecule has 0 aromatic carbocycles.